The van der Waals surface area contributed by atoms with Crippen molar-refractivity contribution in [2.45, 2.75) is 38.0 Å². The van der Waals surface area contributed by atoms with Crippen molar-refractivity contribution in [1.82, 2.24) is 4.98 Å². The van der Waals surface area contributed by atoms with E-state index in [1.54, 1.807) is 11.3 Å². The highest BCUT2D eigenvalue weighted by Gasteiger charge is 2.20. The quantitative estimate of drug-likeness (QED) is 0.879. The Morgan fingerprint density at radius 2 is 2.31 bits per heavy atom. The van der Waals surface area contributed by atoms with Gasteiger partial charge in [0.05, 0.1) is 10.7 Å². The second-order valence-electron chi connectivity index (χ2n) is 4.34. The van der Waals surface area contributed by atoms with Crippen molar-refractivity contribution in [2.24, 2.45) is 5.73 Å². The Labute approximate surface area is 101 Å². The highest BCUT2D eigenvalue weighted by Crippen LogP contribution is 2.31. The van der Waals surface area contributed by atoms with Gasteiger partial charge in [0.1, 0.15) is 0 Å². The van der Waals surface area contributed by atoms with Crippen molar-refractivity contribution >= 4 is 11.3 Å². The SMILES string of the molecule is CCC(CN)c1csc(C2CCOCC2)n1. The van der Waals surface area contributed by atoms with E-state index in [-0.39, 0.29) is 0 Å². The van der Waals surface area contributed by atoms with E-state index in [2.05, 4.69) is 12.3 Å². The first-order valence-electron chi connectivity index (χ1n) is 6.08. The minimum Gasteiger partial charge on any atom is -0.381 e. The third-order valence-corrected chi connectivity index (χ3v) is 4.33. The van der Waals surface area contributed by atoms with Crippen molar-refractivity contribution in [3.05, 3.63) is 16.1 Å². The summed E-state index contributed by atoms with van der Waals surface area (Å²) in [5.41, 5.74) is 6.94. The van der Waals surface area contributed by atoms with Crippen molar-refractivity contribution in [2.75, 3.05) is 19.8 Å². The van der Waals surface area contributed by atoms with Crippen molar-refractivity contribution in [1.29, 1.82) is 0 Å². The van der Waals surface area contributed by atoms with Crippen LogP contribution < -0.4 is 5.73 Å². The average molecular weight is 240 g/mol. The van der Waals surface area contributed by atoms with Crippen molar-refractivity contribution in [3.63, 3.8) is 0 Å². The molecule has 1 aliphatic rings. The average Bonchev–Trinajstić information content (AvgIpc) is 2.81. The maximum absolute atomic E-state index is 5.75. The van der Waals surface area contributed by atoms with Crippen LogP contribution in [0.5, 0.6) is 0 Å². The van der Waals surface area contributed by atoms with Crippen LogP contribution in [0.1, 0.15) is 48.7 Å². The fourth-order valence-electron chi connectivity index (χ4n) is 2.12. The Morgan fingerprint density at radius 1 is 1.56 bits per heavy atom. The Morgan fingerprint density at radius 3 is 2.94 bits per heavy atom. The zero-order chi connectivity index (χ0) is 11.4. The maximum Gasteiger partial charge on any atom is 0.0961 e. The maximum atomic E-state index is 5.75. The summed E-state index contributed by atoms with van der Waals surface area (Å²) in [6.45, 7) is 4.64. The minimum atomic E-state index is 0.435. The number of hydrogen-bond donors (Lipinski definition) is 1. The van der Waals surface area contributed by atoms with Crippen LogP contribution in [0, 0.1) is 0 Å². The van der Waals surface area contributed by atoms with E-state index in [9.17, 15) is 0 Å². The smallest absolute Gasteiger partial charge is 0.0961 e. The normalized spacial score (nSPS) is 19.9. The molecule has 0 spiro atoms. The van der Waals surface area contributed by atoms with E-state index >= 15 is 0 Å². The van der Waals surface area contributed by atoms with E-state index in [1.165, 1.54) is 10.7 Å². The summed E-state index contributed by atoms with van der Waals surface area (Å²) in [5, 5.41) is 3.47. The van der Waals surface area contributed by atoms with Gasteiger partial charge in [0.2, 0.25) is 0 Å². The van der Waals surface area contributed by atoms with Gasteiger partial charge >= 0.3 is 0 Å². The van der Waals surface area contributed by atoms with Gasteiger partial charge in [0, 0.05) is 37.0 Å². The summed E-state index contributed by atoms with van der Waals surface area (Å²) < 4.78 is 5.37. The van der Waals surface area contributed by atoms with E-state index in [0.29, 0.717) is 18.4 Å². The molecule has 4 heteroatoms. The molecule has 1 saturated heterocycles. The minimum absolute atomic E-state index is 0.435. The van der Waals surface area contributed by atoms with Crippen LogP contribution in [0.15, 0.2) is 5.38 Å². The highest BCUT2D eigenvalue weighted by atomic mass is 32.1. The van der Waals surface area contributed by atoms with Gasteiger partial charge in [-0.3, -0.25) is 0 Å². The lowest BCUT2D eigenvalue weighted by molar-refractivity contribution is 0.0852. The first-order valence-corrected chi connectivity index (χ1v) is 6.96. The van der Waals surface area contributed by atoms with Gasteiger partial charge in [0.15, 0.2) is 0 Å². The van der Waals surface area contributed by atoms with Gasteiger partial charge in [-0.2, -0.15) is 0 Å². The van der Waals surface area contributed by atoms with Crippen LogP contribution in [0.4, 0.5) is 0 Å². The molecule has 16 heavy (non-hydrogen) atoms. The molecule has 0 amide bonds. The molecule has 2 heterocycles. The van der Waals surface area contributed by atoms with Gasteiger partial charge in [-0.15, -0.1) is 11.3 Å². The van der Waals surface area contributed by atoms with Crippen LogP contribution in [-0.2, 0) is 4.74 Å². The molecule has 90 valence electrons. The number of aromatic nitrogens is 1. The predicted molar refractivity (Wildman–Crippen MR) is 67.0 cm³/mol. The second-order valence-corrected chi connectivity index (χ2v) is 5.23. The summed E-state index contributed by atoms with van der Waals surface area (Å²) in [6.07, 6.45) is 3.31. The lowest BCUT2D eigenvalue weighted by Gasteiger charge is -2.19. The Kier molecular flexibility index (Phi) is 4.32. The van der Waals surface area contributed by atoms with Gasteiger partial charge in [-0.05, 0) is 19.3 Å². The number of rotatable bonds is 4. The van der Waals surface area contributed by atoms with Gasteiger partial charge in [0.25, 0.3) is 0 Å². The van der Waals surface area contributed by atoms with Gasteiger partial charge < -0.3 is 10.5 Å². The van der Waals surface area contributed by atoms with Crippen LogP contribution in [-0.4, -0.2) is 24.7 Å². The molecule has 0 aromatic carbocycles. The molecular formula is C12H20N2OS. The Hall–Kier alpha value is -0.450. The molecule has 0 bridgehead atoms. The van der Waals surface area contributed by atoms with Crippen LogP contribution in [0.25, 0.3) is 0 Å². The molecule has 1 unspecified atom stereocenters. The fourth-order valence-corrected chi connectivity index (χ4v) is 3.19. The highest BCUT2D eigenvalue weighted by molar-refractivity contribution is 7.09. The largest absolute Gasteiger partial charge is 0.381 e. The molecule has 1 aliphatic heterocycles. The molecule has 0 saturated carbocycles. The molecule has 0 aliphatic carbocycles. The monoisotopic (exact) mass is 240 g/mol. The molecule has 0 radical (unpaired) electrons. The summed E-state index contributed by atoms with van der Waals surface area (Å²) in [7, 11) is 0. The molecule has 2 rings (SSSR count). The van der Waals surface area contributed by atoms with Gasteiger partial charge in [-0.25, -0.2) is 4.98 Å². The van der Waals surface area contributed by atoms with Crippen LogP contribution in [0.3, 0.4) is 0 Å². The lowest BCUT2D eigenvalue weighted by Crippen LogP contribution is -2.15. The van der Waals surface area contributed by atoms with Crippen LogP contribution in [0.2, 0.25) is 0 Å². The zero-order valence-corrected chi connectivity index (χ0v) is 10.6. The van der Waals surface area contributed by atoms with E-state index in [1.807, 2.05) is 0 Å². The summed E-state index contributed by atoms with van der Waals surface area (Å²) in [5.74, 6) is 1.05. The van der Waals surface area contributed by atoms with Gasteiger partial charge in [-0.1, -0.05) is 6.92 Å². The first-order chi connectivity index (χ1) is 7.85. The number of nitrogens with two attached hydrogens (primary N) is 1. The summed E-state index contributed by atoms with van der Waals surface area (Å²) >= 11 is 1.79. The number of thiazole rings is 1. The number of ether oxygens (including phenoxy) is 1. The first kappa shape index (κ1) is 12.0. The molecule has 2 N–H and O–H groups in total. The lowest BCUT2D eigenvalue weighted by atomic mass is 10.0. The molecule has 3 nitrogen and oxygen atoms in total. The molecular weight excluding hydrogens is 220 g/mol. The predicted octanol–water partition coefficient (Wildman–Crippen LogP) is 2.49. The standard InChI is InChI=1S/C12H20N2OS/c1-2-9(7-13)11-8-16-12(14-11)10-3-5-15-6-4-10/h8-10H,2-7,13H2,1H3. The second kappa shape index (κ2) is 5.75. The summed E-state index contributed by atoms with van der Waals surface area (Å²) in [6, 6.07) is 0. The molecule has 1 aromatic rings. The number of hydrogen-bond acceptors (Lipinski definition) is 4. The summed E-state index contributed by atoms with van der Waals surface area (Å²) in [4.78, 5) is 4.76. The Bertz CT molecular complexity index is 317. The zero-order valence-electron chi connectivity index (χ0n) is 9.82. The molecule has 1 atom stereocenters. The topological polar surface area (TPSA) is 48.1 Å². The Balaban J connectivity index is 2.05. The fraction of sp³-hybridized carbons (Fsp3) is 0.750. The van der Waals surface area contributed by atoms with E-state index in [0.717, 1.165) is 32.5 Å². The van der Waals surface area contributed by atoms with Crippen LogP contribution >= 0.6 is 11.3 Å². The third-order valence-electron chi connectivity index (χ3n) is 3.31. The molecule has 1 aromatic heterocycles. The van der Waals surface area contributed by atoms with E-state index < -0.39 is 0 Å². The molecule has 1 fully saturated rings. The van der Waals surface area contributed by atoms with Crippen molar-refractivity contribution < 1.29 is 4.74 Å². The van der Waals surface area contributed by atoms with Crippen molar-refractivity contribution in [3.8, 4) is 0 Å². The third kappa shape index (κ3) is 2.62. The van der Waals surface area contributed by atoms with E-state index in [4.69, 9.17) is 15.5 Å². The number of nitrogens with zero attached hydrogens (tertiary/aromatic N) is 1.